The topological polar surface area (TPSA) is 86.8 Å². The van der Waals surface area contributed by atoms with Crippen molar-refractivity contribution in [2.75, 3.05) is 19.0 Å². The van der Waals surface area contributed by atoms with Crippen LogP contribution in [0.1, 0.15) is 28.2 Å². The Hall–Kier alpha value is -2.74. The third kappa shape index (κ3) is 3.32. The fourth-order valence-electron chi connectivity index (χ4n) is 3.09. The van der Waals surface area contributed by atoms with Gasteiger partial charge in [0.1, 0.15) is 0 Å². The first kappa shape index (κ1) is 16.7. The van der Waals surface area contributed by atoms with E-state index in [9.17, 15) is 4.79 Å². The minimum Gasteiger partial charge on any atom is -0.348 e. The molecule has 2 N–H and O–H groups in total. The van der Waals surface area contributed by atoms with E-state index in [4.69, 9.17) is 0 Å². The molecule has 0 spiro atoms. The van der Waals surface area contributed by atoms with Crippen LogP contribution in [-0.4, -0.2) is 46.2 Å². The van der Waals surface area contributed by atoms with Gasteiger partial charge >= 0.3 is 0 Å². The SMILES string of the molecule is CN(C)c1ncc2c(n1)CC[C@@H](NC(=O)c1cc(-c3cccs3)[nH]n1)C2. The molecule has 0 saturated heterocycles. The highest BCUT2D eigenvalue weighted by Crippen LogP contribution is 2.24. The average molecular weight is 368 g/mol. The maximum absolute atomic E-state index is 12.5. The summed E-state index contributed by atoms with van der Waals surface area (Å²) in [7, 11) is 3.86. The summed E-state index contributed by atoms with van der Waals surface area (Å²) in [5.74, 6) is 0.576. The zero-order valence-corrected chi connectivity index (χ0v) is 15.5. The van der Waals surface area contributed by atoms with Gasteiger partial charge in [-0.25, -0.2) is 9.97 Å². The number of thiophene rings is 1. The first-order valence-electron chi connectivity index (χ1n) is 8.52. The number of aryl methyl sites for hydroxylation is 1. The number of carbonyl (C=O) groups excluding carboxylic acids is 1. The van der Waals surface area contributed by atoms with Crippen molar-refractivity contribution in [2.24, 2.45) is 0 Å². The van der Waals surface area contributed by atoms with Gasteiger partial charge in [-0.3, -0.25) is 9.89 Å². The third-order valence-electron chi connectivity index (χ3n) is 4.47. The number of aromatic nitrogens is 4. The molecule has 3 aromatic heterocycles. The van der Waals surface area contributed by atoms with Gasteiger partial charge in [0.25, 0.3) is 5.91 Å². The summed E-state index contributed by atoms with van der Waals surface area (Å²) in [6.07, 6.45) is 4.33. The van der Waals surface area contributed by atoms with Gasteiger partial charge in [0.15, 0.2) is 5.69 Å². The number of amides is 1. The van der Waals surface area contributed by atoms with Crippen molar-refractivity contribution in [1.29, 1.82) is 0 Å². The average Bonchev–Trinajstić information content (AvgIpc) is 3.32. The predicted molar refractivity (Wildman–Crippen MR) is 102 cm³/mol. The van der Waals surface area contributed by atoms with Crippen LogP contribution in [0.2, 0.25) is 0 Å². The van der Waals surface area contributed by atoms with Crippen LogP contribution in [0.25, 0.3) is 10.6 Å². The summed E-state index contributed by atoms with van der Waals surface area (Å²) in [4.78, 5) is 24.5. The molecule has 0 bridgehead atoms. The molecule has 1 aliphatic rings. The molecular weight excluding hydrogens is 348 g/mol. The van der Waals surface area contributed by atoms with Crippen LogP contribution in [-0.2, 0) is 12.8 Å². The second-order valence-corrected chi connectivity index (χ2v) is 7.54. The number of nitrogens with zero attached hydrogens (tertiary/aromatic N) is 4. The van der Waals surface area contributed by atoms with Crippen molar-refractivity contribution < 1.29 is 4.79 Å². The fraction of sp³-hybridized carbons (Fsp3) is 0.333. The number of nitrogens with one attached hydrogen (secondary N) is 2. The Morgan fingerprint density at radius 2 is 2.31 bits per heavy atom. The summed E-state index contributed by atoms with van der Waals surface area (Å²) in [6, 6.07) is 5.85. The van der Waals surface area contributed by atoms with E-state index in [1.807, 2.05) is 42.7 Å². The molecule has 1 atom stereocenters. The Morgan fingerprint density at radius 3 is 3.08 bits per heavy atom. The van der Waals surface area contributed by atoms with Crippen LogP contribution >= 0.6 is 11.3 Å². The Bertz CT molecular complexity index is 918. The van der Waals surface area contributed by atoms with Crippen molar-refractivity contribution in [2.45, 2.75) is 25.3 Å². The van der Waals surface area contributed by atoms with Crippen molar-refractivity contribution in [3.63, 3.8) is 0 Å². The quantitative estimate of drug-likeness (QED) is 0.738. The molecule has 0 aromatic carbocycles. The minimum absolute atomic E-state index is 0.0747. The van der Waals surface area contributed by atoms with Gasteiger partial charge in [-0.05, 0) is 42.3 Å². The van der Waals surface area contributed by atoms with Crippen LogP contribution in [0.5, 0.6) is 0 Å². The first-order chi connectivity index (χ1) is 12.6. The van der Waals surface area contributed by atoms with Crippen LogP contribution in [0.3, 0.4) is 0 Å². The van der Waals surface area contributed by atoms with E-state index >= 15 is 0 Å². The second kappa shape index (κ2) is 6.87. The molecule has 1 aliphatic carbocycles. The molecule has 134 valence electrons. The molecular formula is C18H20N6OS. The standard InChI is InChI=1S/C18H20N6OS/c1-24(2)18-19-10-11-8-12(5-6-13(11)21-18)20-17(25)15-9-14(22-23-15)16-4-3-7-26-16/h3-4,7,9-10,12H,5-6,8H2,1-2H3,(H,20,25)(H,22,23)/t12-/m1/s1. The summed E-state index contributed by atoms with van der Waals surface area (Å²) in [5.41, 5.74) is 3.46. The van der Waals surface area contributed by atoms with Gasteiger partial charge in [0.05, 0.1) is 10.6 Å². The Kier molecular flexibility index (Phi) is 4.42. The number of hydrogen-bond acceptors (Lipinski definition) is 6. The van der Waals surface area contributed by atoms with Gasteiger partial charge in [-0.2, -0.15) is 5.10 Å². The number of anilines is 1. The number of hydrogen-bond donors (Lipinski definition) is 2. The molecule has 7 nitrogen and oxygen atoms in total. The number of H-pyrrole nitrogens is 1. The Labute approximate surface area is 155 Å². The summed E-state index contributed by atoms with van der Waals surface area (Å²) in [6.45, 7) is 0. The summed E-state index contributed by atoms with van der Waals surface area (Å²) >= 11 is 1.61. The van der Waals surface area contributed by atoms with Gasteiger partial charge in [-0.1, -0.05) is 6.07 Å². The van der Waals surface area contributed by atoms with Crippen LogP contribution in [0.4, 0.5) is 5.95 Å². The van der Waals surface area contributed by atoms with Crippen molar-refractivity contribution in [1.82, 2.24) is 25.5 Å². The number of aromatic amines is 1. The second-order valence-electron chi connectivity index (χ2n) is 6.59. The summed E-state index contributed by atoms with van der Waals surface area (Å²) in [5, 5.41) is 12.2. The van der Waals surface area contributed by atoms with Crippen LogP contribution in [0, 0.1) is 0 Å². The van der Waals surface area contributed by atoms with E-state index in [0.29, 0.717) is 5.69 Å². The highest BCUT2D eigenvalue weighted by molar-refractivity contribution is 7.13. The zero-order chi connectivity index (χ0) is 18.1. The maximum Gasteiger partial charge on any atom is 0.272 e. The van der Waals surface area contributed by atoms with E-state index in [-0.39, 0.29) is 11.9 Å². The molecule has 0 fully saturated rings. The number of rotatable bonds is 4. The molecule has 4 rings (SSSR count). The molecule has 26 heavy (non-hydrogen) atoms. The normalized spacial score (nSPS) is 16.2. The number of carbonyl (C=O) groups is 1. The third-order valence-corrected chi connectivity index (χ3v) is 5.37. The lowest BCUT2D eigenvalue weighted by molar-refractivity contribution is 0.0928. The molecule has 0 unspecified atom stereocenters. The molecule has 3 heterocycles. The molecule has 8 heteroatoms. The van der Waals surface area contributed by atoms with Crippen LogP contribution < -0.4 is 10.2 Å². The van der Waals surface area contributed by atoms with Gasteiger partial charge in [0.2, 0.25) is 5.95 Å². The predicted octanol–water partition coefficient (Wildman–Crippen LogP) is 2.28. The molecule has 0 radical (unpaired) electrons. The summed E-state index contributed by atoms with van der Waals surface area (Å²) < 4.78 is 0. The lowest BCUT2D eigenvalue weighted by Gasteiger charge is -2.25. The van der Waals surface area contributed by atoms with Crippen molar-refractivity contribution in [3.05, 3.63) is 46.7 Å². The monoisotopic (exact) mass is 368 g/mol. The molecule has 0 saturated carbocycles. The van der Waals surface area contributed by atoms with E-state index in [0.717, 1.165) is 47.0 Å². The van der Waals surface area contributed by atoms with E-state index in [2.05, 4.69) is 25.5 Å². The highest BCUT2D eigenvalue weighted by atomic mass is 32.1. The van der Waals surface area contributed by atoms with Gasteiger partial charge < -0.3 is 10.2 Å². The molecule has 3 aromatic rings. The molecule has 1 amide bonds. The Balaban J connectivity index is 1.43. The fourth-order valence-corrected chi connectivity index (χ4v) is 3.78. The largest absolute Gasteiger partial charge is 0.348 e. The number of fused-ring (bicyclic) bond motifs is 1. The van der Waals surface area contributed by atoms with Crippen molar-refractivity contribution in [3.8, 4) is 10.6 Å². The lowest BCUT2D eigenvalue weighted by atomic mass is 9.93. The van der Waals surface area contributed by atoms with E-state index in [1.54, 1.807) is 17.4 Å². The van der Waals surface area contributed by atoms with Gasteiger partial charge in [-0.15, -0.1) is 11.3 Å². The van der Waals surface area contributed by atoms with Crippen LogP contribution in [0.15, 0.2) is 29.8 Å². The smallest absolute Gasteiger partial charge is 0.272 e. The lowest BCUT2D eigenvalue weighted by Crippen LogP contribution is -2.39. The van der Waals surface area contributed by atoms with E-state index < -0.39 is 0 Å². The highest BCUT2D eigenvalue weighted by Gasteiger charge is 2.23. The van der Waals surface area contributed by atoms with E-state index in [1.165, 1.54) is 0 Å². The maximum atomic E-state index is 12.5. The van der Waals surface area contributed by atoms with Crippen molar-refractivity contribution >= 4 is 23.2 Å². The zero-order valence-electron chi connectivity index (χ0n) is 14.7. The van der Waals surface area contributed by atoms with Gasteiger partial charge in [0, 0.05) is 32.0 Å². The first-order valence-corrected chi connectivity index (χ1v) is 9.40. The molecule has 0 aliphatic heterocycles. The minimum atomic E-state index is -0.150. The Morgan fingerprint density at radius 1 is 1.42 bits per heavy atom.